The van der Waals surface area contributed by atoms with Crippen LogP contribution in [0.25, 0.3) is 16.6 Å². The number of aliphatic hydroxyl groups excluding tert-OH is 1. The second-order valence-electron chi connectivity index (χ2n) is 10.3. The van der Waals surface area contributed by atoms with Crippen LogP contribution < -0.4 is 0 Å². The number of nitrogens with zero attached hydrogens (tertiary/aromatic N) is 3. The first kappa shape index (κ1) is 23.1. The molecular formula is C29H31N3O4. The number of carbonyl (C=O) groups is 1. The maximum absolute atomic E-state index is 12.9. The highest BCUT2D eigenvalue weighted by molar-refractivity contribution is 5.88. The van der Waals surface area contributed by atoms with Gasteiger partial charge in [0.15, 0.2) is 6.19 Å². The molecule has 186 valence electrons. The van der Waals surface area contributed by atoms with Crippen LogP contribution in [0, 0.1) is 29.2 Å². The molecule has 0 amide bonds. The van der Waals surface area contributed by atoms with Gasteiger partial charge >= 0.3 is 5.97 Å². The molecule has 3 aliphatic rings. The number of rotatable bonds is 1. The average molecular weight is 486 g/mol. The van der Waals surface area contributed by atoms with Gasteiger partial charge in [-0.25, -0.2) is 0 Å². The molecule has 1 N–H and O–H groups in total. The van der Waals surface area contributed by atoms with E-state index < -0.39 is 12.0 Å². The lowest BCUT2D eigenvalue weighted by molar-refractivity contribution is -0.158. The van der Waals surface area contributed by atoms with E-state index in [2.05, 4.69) is 53.2 Å². The molecule has 3 aromatic rings. The van der Waals surface area contributed by atoms with Crippen molar-refractivity contribution < 1.29 is 19.4 Å². The molecule has 0 saturated heterocycles. The summed E-state index contributed by atoms with van der Waals surface area (Å²) < 4.78 is 14.2. The zero-order valence-electron chi connectivity index (χ0n) is 20.5. The van der Waals surface area contributed by atoms with Crippen molar-refractivity contribution in [3.63, 3.8) is 0 Å². The maximum Gasteiger partial charge on any atom is 0.311 e. The fourth-order valence-electron chi connectivity index (χ4n) is 6.84. The predicted octanol–water partition coefficient (Wildman–Crippen LogP) is 4.11. The Labute approximate surface area is 210 Å². The third kappa shape index (κ3) is 3.68. The summed E-state index contributed by atoms with van der Waals surface area (Å²) in [6.45, 7) is 1.65. The van der Waals surface area contributed by atoms with Crippen molar-refractivity contribution >= 4 is 16.9 Å². The number of hydrogen-bond acceptors (Lipinski definition) is 6. The van der Waals surface area contributed by atoms with Crippen LogP contribution >= 0.6 is 0 Å². The summed E-state index contributed by atoms with van der Waals surface area (Å²) in [6, 6.07) is 16.7. The highest BCUT2D eigenvalue weighted by atomic mass is 16.5. The van der Waals surface area contributed by atoms with E-state index in [1.54, 1.807) is 0 Å². The van der Waals surface area contributed by atoms with Gasteiger partial charge in [-0.1, -0.05) is 36.4 Å². The average Bonchev–Trinajstić information content (AvgIpc) is 3.14. The summed E-state index contributed by atoms with van der Waals surface area (Å²) >= 11 is 0. The van der Waals surface area contributed by atoms with Gasteiger partial charge in [-0.05, 0) is 55.2 Å². The normalized spacial score (nSPS) is 27.7. The second-order valence-corrected chi connectivity index (χ2v) is 10.3. The van der Waals surface area contributed by atoms with E-state index >= 15 is 0 Å². The van der Waals surface area contributed by atoms with E-state index in [9.17, 15) is 15.2 Å². The van der Waals surface area contributed by atoms with Gasteiger partial charge in [-0.15, -0.1) is 0 Å². The van der Waals surface area contributed by atoms with Crippen LogP contribution in [0.1, 0.15) is 42.2 Å². The van der Waals surface area contributed by atoms with Gasteiger partial charge in [0.2, 0.25) is 0 Å². The van der Waals surface area contributed by atoms with Crippen LogP contribution in [0.4, 0.5) is 0 Å². The standard InChI is InChI=1S/C29H31N3O4/c1-35-29(34)27-22-14-26-28-21(12-13-31(17-30)15-18(22)10-11-25(27)33)20-7-3-5-9-24(20)32(28)23-8-4-2-6-19(23)16-36-26/h2-9,18,22,25-27,33H,10-16H2,1H3/t18-,22-,25-,26?,27+/m0/s1. The molecule has 1 aromatic heterocycles. The lowest BCUT2D eigenvalue weighted by atomic mass is 9.67. The molecule has 2 aliphatic heterocycles. The molecular weight excluding hydrogens is 454 g/mol. The van der Waals surface area contributed by atoms with Crippen LogP contribution in [0.15, 0.2) is 48.5 Å². The van der Waals surface area contributed by atoms with E-state index in [4.69, 9.17) is 9.47 Å². The monoisotopic (exact) mass is 485 g/mol. The Morgan fingerprint density at radius 1 is 1.17 bits per heavy atom. The molecule has 5 atom stereocenters. The number of para-hydroxylation sites is 2. The Balaban J connectivity index is 1.57. The minimum absolute atomic E-state index is 0.0887. The van der Waals surface area contributed by atoms with Crippen molar-refractivity contribution in [2.24, 2.45) is 17.8 Å². The van der Waals surface area contributed by atoms with Gasteiger partial charge in [0.25, 0.3) is 0 Å². The van der Waals surface area contributed by atoms with Crippen molar-refractivity contribution in [1.29, 1.82) is 5.26 Å². The molecule has 2 aromatic carbocycles. The minimum atomic E-state index is -0.759. The smallest absolute Gasteiger partial charge is 0.311 e. The first-order chi connectivity index (χ1) is 17.6. The number of fused-ring (bicyclic) bond motifs is 6. The van der Waals surface area contributed by atoms with Crippen LogP contribution in [-0.2, 0) is 27.3 Å². The lowest BCUT2D eigenvalue weighted by Gasteiger charge is -2.42. The number of esters is 1. The largest absolute Gasteiger partial charge is 0.469 e. The van der Waals surface area contributed by atoms with Gasteiger partial charge in [0, 0.05) is 24.0 Å². The molecule has 1 saturated carbocycles. The van der Waals surface area contributed by atoms with Crippen molar-refractivity contribution in [2.75, 3.05) is 20.2 Å². The summed E-state index contributed by atoms with van der Waals surface area (Å²) in [5.41, 5.74) is 5.64. The van der Waals surface area contributed by atoms with E-state index in [1.807, 2.05) is 11.0 Å². The van der Waals surface area contributed by atoms with Crippen LogP contribution in [0.3, 0.4) is 0 Å². The fraction of sp³-hybridized carbons (Fsp3) is 0.448. The molecule has 3 heterocycles. The fourth-order valence-corrected chi connectivity index (χ4v) is 6.84. The number of nitriles is 1. The topological polar surface area (TPSA) is 87.7 Å². The molecule has 0 radical (unpaired) electrons. The summed E-state index contributed by atoms with van der Waals surface area (Å²) in [5, 5.41) is 22.1. The minimum Gasteiger partial charge on any atom is -0.469 e. The van der Waals surface area contributed by atoms with Crippen molar-refractivity contribution in [1.82, 2.24) is 9.47 Å². The van der Waals surface area contributed by atoms with Crippen LogP contribution in [-0.4, -0.2) is 46.8 Å². The Kier molecular flexibility index (Phi) is 5.94. The number of hydrogen-bond donors (Lipinski definition) is 1. The molecule has 1 fully saturated rings. The molecule has 0 spiro atoms. The molecule has 0 bridgehead atoms. The summed E-state index contributed by atoms with van der Waals surface area (Å²) in [5.74, 6) is -1.09. The zero-order valence-corrected chi connectivity index (χ0v) is 20.5. The van der Waals surface area contributed by atoms with Crippen molar-refractivity contribution in [3.05, 3.63) is 65.4 Å². The first-order valence-electron chi connectivity index (χ1n) is 12.8. The Hall–Kier alpha value is -3.34. The molecule has 36 heavy (non-hydrogen) atoms. The number of aliphatic hydroxyl groups is 1. The Bertz CT molecular complexity index is 1340. The SMILES string of the molecule is COC(=O)[C@@H]1[C@H]2CC3OCc4ccccc4-n4c3c(c3ccccc34)CCN(C#N)C[C@@H]2CC[C@@H]1O. The number of benzene rings is 2. The van der Waals surface area contributed by atoms with Gasteiger partial charge < -0.3 is 24.0 Å². The number of aromatic nitrogens is 1. The van der Waals surface area contributed by atoms with E-state index in [0.717, 1.165) is 35.3 Å². The third-order valence-electron chi connectivity index (χ3n) is 8.50. The first-order valence-corrected chi connectivity index (χ1v) is 12.8. The highest BCUT2D eigenvalue weighted by Crippen LogP contribution is 2.47. The summed E-state index contributed by atoms with van der Waals surface area (Å²) in [4.78, 5) is 14.8. The number of ether oxygens (including phenoxy) is 2. The molecule has 1 unspecified atom stereocenters. The van der Waals surface area contributed by atoms with E-state index in [-0.39, 0.29) is 23.9 Å². The molecule has 6 rings (SSSR count). The van der Waals surface area contributed by atoms with Gasteiger partial charge in [-0.2, -0.15) is 5.26 Å². The van der Waals surface area contributed by atoms with Crippen molar-refractivity contribution in [3.8, 4) is 11.9 Å². The van der Waals surface area contributed by atoms with E-state index in [1.165, 1.54) is 18.1 Å². The number of carbonyl (C=O) groups excluding carboxylic acids is 1. The second kappa shape index (κ2) is 9.27. The Morgan fingerprint density at radius 3 is 2.81 bits per heavy atom. The van der Waals surface area contributed by atoms with Crippen LogP contribution in [0.2, 0.25) is 0 Å². The zero-order chi connectivity index (χ0) is 24.8. The highest BCUT2D eigenvalue weighted by Gasteiger charge is 2.46. The lowest BCUT2D eigenvalue weighted by Crippen LogP contribution is -2.47. The third-order valence-corrected chi connectivity index (χ3v) is 8.50. The van der Waals surface area contributed by atoms with Gasteiger partial charge in [0.05, 0.1) is 48.7 Å². The van der Waals surface area contributed by atoms with Crippen LogP contribution in [0.5, 0.6) is 0 Å². The molecule has 7 heteroatoms. The number of methoxy groups -OCH3 is 1. The molecule has 7 nitrogen and oxygen atoms in total. The molecule has 1 aliphatic carbocycles. The van der Waals surface area contributed by atoms with Gasteiger partial charge in [0.1, 0.15) is 0 Å². The summed E-state index contributed by atoms with van der Waals surface area (Å²) in [7, 11) is 1.38. The maximum atomic E-state index is 12.9. The summed E-state index contributed by atoms with van der Waals surface area (Å²) in [6.07, 6.45) is 3.99. The van der Waals surface area contributed by atoms with Gasteiger partial charge in [-0.3, -0.25) is 4.79 Å². The van der Waals surface area contributed by atoms with E-state index in [0.29, 0.717) is 32.5 Å². The van der Waals surface area contributed by atoms with Crippen molar-refractivity contribution in [2.45, 2.75) is 44.5 Å². The quantitative estimate of drug-likeness (QED) is 0.412. The predicted molar refractivity (Wildman–Crippen MR) is 134 cm³/mol. The Morgan fingerprint density at radius 2 is 1.97 bits per heavy atom.